The van der Waals surface area contributed by atoms with Gasteiger partial charge in [-0.3, -0.25) is 14.9 Å². The number of nitrogens with two attached hydrogens (primary N) is 1. The van der Waals surface area contributed by atoms with Crippen molar-refractivity contribution in [1.82, 2.24) is 0 Å². The lowest BCUT2D eigenvalue weighted by Crippen LogP contribution is -2.86. The van der Waals surface area contributed by atoms with Crippen LogP contribution in [0, 0.1) is 21.7 Å². The highest BCUT2D eigenvalue weighted by atomic mass is 19.2. The molecule has 0 aliphatic rings. The summed E-state index contributed by atoms with van der Waals surface area (Å²) in [5, 5.41) is 15.2. The average Bonchev–Trinajstić information content (AvgIpc) is 2.62. The highest BCUT2D eigenvalue weighted by molar-refractivity contribution is 5.93. The van der Waals surface area contributed by atoms with Crippen LogP contribution in [0.4, 0.5) is 20.2 Å². The van der Waals surface area contributed by atoms with Crippen LogP contribution in [0.3, 0.4) is 0 Å². The molecule has 0 aromatic heterocycles. The Bertz CT molecular complexity index is 830. The number of benzene rings is 2. The van der Waals surface area contributed by atoms with Gasteiger partial charge < -0.3 is 15.4 Å². The van der Waals surface area contributed by atoms with Gasteiger partial charge in [-0.25, -0.2) is 8.78 Å². The number of carbonyl (C=O) groups excluding carboxylic acids is 1. The molecule has 0 saturated heterocycles. The summed E-state index contributed by atoms with van der Waals surface area (Å²) in [5.74, 6) is -2.06. The van der Waals surface area contributed by atoms with E-state index in [1.165, 1.54) is 31.4 Å². The number of nitro benzene ring substituents is 1. The molecular weight excluding hydrogens is 348 g/mol. The topological polar surface area (TPSA) is 98.1 Å². The number of hydrogen-bond donors (Lipinski definition) is 2. The van der Waals surface area contributed by atoms with Crippen molar-refractivity contribution < 1.29 is 28.6 Å². The summed E-state index contributed by atoms with van der Waals surface area (Å²) in [7, 11) is 1.38. The first-order valence-corrected chi connectivity index (χ1v) is 7.72. The molecule has 0 unspecified atom stereocenters. The maximum Gasteiger partial charge on any atom is 0.296 e. The van der Waals surface area contributed by atoms with Crippen LogP contribution in [0.25, 0.3) is 0 Å². The van der Waals surface area contributed by atoms with Crippen LogP contribution in [0.5, 0.6) is 5.75 Å². The molecular formula is C17H18F2N3O4+. The molecule has 138 valence electrons. The van der Waals surface area contributed by atoms with Crippen molar-refractivity contribution in [2.75, 3.05) is 19.0 Å². The van der Waals surface area contributed by atoms with Gasteiger partial charge in [0.2, 0.25) is 0 Å². The standard InChI is InChI=1S/C17H17F2N3O4/c1-10(11-3-5-13(18)14(19)7-11)20-9-17(23)21-15-6-4-12(26-2)8-16(15)22(24)25/h3-8,10,20H,9H2,1-2H3,(H,21,23)/p+1/t10-/m1/s1. The molecule has 0 radical (unpaired) electrons. The Morgan fingerprint density at radius 3 is 2.62 bits per heavy atom. The Labute approximate surface area is 148 Å². The first-order valence-electron chi connectivity index (χ1n) is 7.72. The molecule has 0 aliphatic heterocycles. The van der Waals surface area contributed by atoms with Crippen molar-refractivity contribution in [1.29, 1.82) is 0 Å². The van der Waals surface area contributed by atoms with Gasteiger partial charge >= 0.3 is 0 Å². The number of anilines is 1. The molecule has 0 bridgehead atoms. The number of nitrogens with zero attached hydrogens (tertiary/aromatic N) is 1. The van der Waals surface area contributed by atoms with Gasteiger partial charge in [0, 0.05) is 5.56 Å². The van der Waals surface area contributed by atoms with E-state index in [9.17, 15) is 23.7 Å². The molecule has 9 heteroatoms. The fourth-order valence-electron chi connectivity index (χ4n) is 2.31. The molecule has 0 spiro atoms. The molecule has 1 amide bonds. The number of quaternary nitrogens is 1. The van der Waals surface area contributed by atoms with Gasteiger partial charge in [0.05, 0.1) is 18.1 Å². The van der Waals surface area contributed by atoms with Gasteiger partial charge in [-0.1, -0.05) is 0 Å². The maximum absolute atomic E-state index is 13.3. The summed E-state index contributed by atoms with van der Waals surface area (Å²) in [6.07, 6.45) is 0. The van der Waals surface area contributed by atoms with Crippen molar-refractivity contribution >= 4 is 17.3 Å². The molecule has 0 heterocycles. The molecule has 2 aromatic carbocycles. The number of rotatable bonds is 7. The molecule has 0 fully saturated rings. The SMILES string of the molecule is COc1ccc(NC(=O)C[NH2+][C@H](C)c2ccc(F)c(F)c2)c([N+](=O)[O-])c1. The Balaban J connectivity index is 2.00. The molecule has 2 rings (SSSR count). The molecule has 26 heavy (non-hydrogen) atoms. The first kappa shape index (κ1) is 19.3. The minimum Gasteiger partial charge on any atom is -0.496 e. The summed E-state index contributed by atoms with van der Waals surface area (Å²) < 4.78 is 31.2. The predicted molar refractivity (Wildman–Crippen MR) is 89.8 cm³/mol. The third kappa shape index (κ3) is 4.73. The monoisotopic (exact) mass is 366 g/mol. The second-order valence-electron chi connectivity index (χ2n) is 5.59. The average molecular weight is 366 g/mol. The van der Waals surface area contributed by atoms with E-state index >= 15 is 0 Å². The predicted octanol–water partition coefficient (Wildman–Crippen LogP) is 2.14. The normalized spacial score (nSPS) is 11.7. The zero-order valence-corrected chi connectivity index (χ0v) is 14.2. The Kier molecular flexibility index (Phi) is 6.18. The third-order valence-electron chi connectivity index (χ3n) is 3.80. The smallest absolute Gasteiger partial charge is 0.296 e. The van der Waals surface area contributed by atoms with E-state index in [1.807, 2.05) is 0 Å². The number of nitro groups is 1. The Morgan fingerprint density at radius 1 is 1.27 bits per heavy atom. The van der Waals surface area contributed by atoms with Crippen LogP contribution in [-0.2, 0) is 4.79 Å². The van der Waals surface area contributed by atoms with Crippen LogP contribution < -0.4 is 15.4 Å². The van der Waals surface area contributed by atoms with Crippen molar-refractivity contribution in [3.8, 4) is 5.75 Å². The van der Waals surface area contributed by atoms with E-state index in [4.69, 9.17) is 4.74 Å². The van der Waals surface area contributed by atoms with Gasteiger partial charge in [0.1, 0.15) is 17.5 Å². The third-order valence-corrected chi connectivity index (χ3v) is 3.80. The number of carbonyl (C=O) groups is 1. The number of methoxy groups -OCH3 is 1. The second kappa shape index (κ2) is 8.34. The maximum atomic E-state index is 13.3. The van der Waals surface area contributed by atoms with E-state index in [2.05, 4.69) is 5.32 Å². The quantitative estimate of drug-likeness (QED) is 0.579. The molecule has 7 nitrogen and oxygen atoms in total. The number of nitrogens with one attached hydrogen (secondary N) is 1. The summed E-state index contributed by atoms with van der Waals surface area (Å²) in [4.78, 5) is 22.6. The van der Waals surface area contributed by atoms with Gasteiger partial charge in [0.15, 0.2) is 18.2 Å². The lowest BCUT2D eigenvalue weighted by molar-refractivity contribution is -0.682. The Hall–Kier alpha value is -3.07. The fourth-order valence-corrected chi connectivity index (χ4v) is 2.31. The summed E-state index contributed by atoms with van der Waals surface area (Å²) >= 11 is 0. The van der Waals surface area contributed by atoms with Crippen molar-refractivity contribution in [2.45, 2.75) is 13.0 Å². The van der Waals surface area contributed by atoms with Gasteiger partial charge in [-0.2, -0.15) is 0 Å². The fraction of sp³-hybridized carbons (Fsp3) is 0.235. The molecule has 1 atom stereocenters. The molecule has 0 aliphatic carbocycles. The number of hydrogen-bond acceptors (Lipinski definition) is 4. The van der Waals surface area contributed by atoms with Crippen LogP contribution in [0.15, 0.2) is 36.4 Å². The number of ether oxygens (including phenoxy) is 1. The summed E-state index contributed by atoms with van der Waals surface area (Å²) in [6.45, 7) is 1.68. The van der Waals surface area contributed by atoms with E-state index in [1.54, 1.807) is 12.2 Å². The second-order valence-corrected chi connectivity index (χ2v) is 5.59. The number of halogens is 2. The van der Waals surface area contributed by atoms with Crippen LogP contribution in [0.1, 0.15) is 18.5 Å². The van der Waals surface area contributed by atoms with Crippen molar-refractivity contribution in [2.24, 2.45) is 0 Å². The van der Waals surface area contributed by atoms with Crippen LogP contribution >= 0.6 is 0 Å². The zero-order chi connectivity index (χ0) is 19.3. The van der Waals surface area contributed by atoms with E-state index in [0.717, 1.165) is 12.1 Å². The highest BCUT2D eigenvalue weighted by Gasteiger charge is 2.19. The number of amides is 1. The first-order chi connectivity index (χ1) is 12.3. The largest absolute Gasteiger partial charge is 0.496 e. The van der Waals surface area contributed by atoms with Crippen molar-refractivity contribution in [3.63, 3.8) is 0 Å². The summed E-state index contributed by atoms with van der Waals surface area (Å²) in [6, 6.07) is 7.32. The van der Waals surface area contributed by atoms with E-state index in [-0.39, 0.29) is 24.0 Å². The lowest BCUT2D eigenvalue weighted by atomic mass is 10.1. The van der Waals surface area contributed by atoms with E-state index < -0.39 is 22.5 Å². The molecule has 2 aromatic rings. The molecule has 3 N–H and O–H groups in total. The van der Waals surface area contributed by atoms with Gasteiger partial charge in [-0.15, -0.1) is 0 Å². The Morgan fingerprint density at radius 2 is 2.00 bits per heavy atom. The zero-order valence-electron chi connectivity index (χ0n) is 14.2. The minimum atomic E-state index is -0.957. The van der Waals surface area contributed by atoms with E-state index in [0.29, 0.717) is 11.3 Å². The lowest BCUT2D eigenvalue weighted by Gasteiger charge is -2.12. The van der Waals surface area contributed by atoms with Crippen molar-refractivity contribution in [3.05, 3.63) is 63.7 Å². The van der Waals surface area contributed by atoms with Gasteiger partial charge in [0.25, 0.3) is 11.6 Å². The summed E-state index contributed by atoms with van der Waals surface area (Å²) in [5.41, 5.74) is 0.285. The highest BCUT2D eigenvalue weighted by Crippen LogP contribution is 2.28. The van der Waals surface area contributed by atoms with Crippen LogP contribution in [-0.4, -0.2) is 24.5 Å². The van der Waals surface area contributed by atoms with Gasteiger partial charge in [-0.05, 0) is 37.3 Å². The minimum absolute atomic E-state index is 0.0506. The van der Waals surface area contributed by atoms with Crippen LogP contribution in [0.2, 0.25) is 0 Å². The molecule has 0 saturated carbocycles.